The summed E-state index contributed by atoms with van der Waals surface area (Å²) in [5.74, 6) is 1.55. The van der Waals surface area contributed by atoms with Gasteiger partial charge in [0.2, 0.25) is 0 Å². The van der Waals surface area contributed by atoms with Crippen LogP contribution in [0.4, 0.5) is 0 Å². The zero-order valence-corrected chi connectivity index (χ0v) is 14.0. The summed E-state index contributed by atoms with van der Waals surface area (Å²) >= 11 is 0. The second-order valence-corrected chi connectivity index (χ2v) is 9.58. The molecule has 16 heavy (non-hydrogen) atoms. The Morgan fingerprint density at radius 3 is 1.44 bits per heavy atom. The van der Waals surface area contributed by atoms with Crippen molar-refractivity contribution in [1.82, 2.24) is 0 Å². The third-order valence-electron chi connectivity index (χ3n) is 2.31. The van der Waals surface area contributed by atoms with Crippen molar-refractivity contribution in [1.29, 1.82) is 0 Å². The van der Waals surface area contributed by atoms with Crippen LogP contribution in [0.3, 0.4) is 0 Å². The monoisotopic (exact) mass is 354 g/mol. The minimum atomic E-state index is -3.58. The van der Waals surface area contributed by atoms with E-state index in [-0.39, 0.29) is 21.1 Å². The fourth-order valence-corrected chi connectivity index (χ4v) is 5.40. The summed E-state index contributed by atoms with van der Waals surface area (Å²) in [6.45, 7) is 0.660. The van der Waals surface area contributed by atoms with Crippen LogP contribution in [0.1, 0.15) is 52.4 Å². The first-order valence-corrected chi connectivity index (χ1v) is 9.59. The predicted molar refractivity (Wildman–Crippen MR) is 69.7 cm³/mol. The Kier molecular flexibility index (Phi) is 14.1. The van der Waals surface area contributed by atoms with Crippen LogP contribution in [-0.2, 0) is 31.1 Å². The summed E-state index contributed by atoms with van der Waals surface area (Å²) in [5.41, 5.74) is 0. The van der Waals surface area contributed by atoms with Crippen LogP contribution < -0.4 is 0 Å². The Balaban J connectivity index is 0. The number of hydrogen-bond donors (Lipinski definition) is 3. The van der Waals surface area contributed by atoms with Crippen LogP contribution in [0.25, 0.3) is 0 Å². The number of unbranched alkanes of at least 4 members (excludes halogenated alkanes) is 4. The molecular weight excluding hydrogens is 327 g/mol. The van der Waals surface area contributed by atoms with Gasteiger partial charge < -0.3 is 14.7 Å². The van der Waals surface area contributed by atoms with Crippen LogP contribution in [0, 0.1) is 0 Å². The van der Waals surface area contributed by atoms with Gasteiger partial charge in [0.05, 0.1) is 0 Å². The molecule has 0 fully saturated rings. The van der Waals surface area contributed by atoms with Crippen molar-refractivity contribution in [2.45, 2.75) is 52.4 Å². The molecule has 0 aromatic heterocycles. The Bertz CT molecular complexity index is 198. The summed E-state index contributed by atoms with van der Waals surface area (Å²) in [5, 5.41) is 0. The van der Waals surface area contributed by atoms with Gasteiger partial charge in [-0.2, -0.15) is 0 Å². The molecule has 0 amide bonds. The molecule has 3 nitrogen and oxygen atoms in total. The minimum absolute atomic E-state index is 0. The second-order valence-electron chi connectivity index (χ2n) is 3.80. The molecule has 0 rings (SSSR count). The second kappa shape index (κ2) is 11.4. The SMILES string of the molecule is CCCCCS(CCCCC)=P(O)(O)O.[Mo]. The van der Waals surface area contributed by atoms with E-state index >= 15 is 0 Å². The molecular formula is C10H25MoO3PS. The van der Waals surface area contributed by atoms with Crippen molar-refractivity contribution >= 4 is 16.8 Å². The van der Waals surface area contributed by atoms with Gasteiger partial charge in [0, 0.05) is 21.1 Å². The maximum absolute atomic E-state index is 9.31. The zero-order chi connectivity index (χ0) is 11.7. The van der Waals surface area contributed by atoms with Crippen LogP contribution in [-0.4, -0.2) is 26.2 Å². The molecule has 0 spiro atoms. The molecule has 0 unspecified atom stereocenters. The first kappa shape index (κ1) is 19.7. The fourth-order valence-electron chi connectivity index (χ4n) is 1.38. The van der Waals surface area contributed by atoms with E-state index in [2.05, 4.69) is 13.8 Å². The minimum Gasteiger partial charge on any atom is -0.329 e. The molecule has 0 aromatic carbocycles. The van der Waals surface area contributed by atoms with Crippen LogP contribution >= 0.6 is 6.72 Å². The van der Waals surface area contributed by atoms with E-state index in [9.17, 15) is 14.7 Å². The van der Waals surface area contributed by atoms with Crippen LogP contribution in [0.15, 0.2) is 0 Å². The van der Waals surface area contributed by atoms with Crippen LogP contribution in [0.2, 0.25) is 0 Å². The molecule has 0 saturated carbocycles. The van der Waals surface area contributed by atoms with Gasteiger partial charge in [0.25, 0.3) is 6.72 Å². The topological polar surface area (TPSA) is 60.7 Å². The van der Waals surface area contributed by atoms with E-state index in [1.807, 2.05) is 0 Å². The predicted octanol–water partition coefficient (Wildman–Crippen LogP) is 2.64. The number of hydrogen-bond acceptors (Lipinski definition) is 0. The van der Waals surface area contributed by atoms with Crippen molar-refractivity contribution < 1.29 is 35.7 Å². The van der Waals surface area contributed by atoms with Gasteiger partial charge in [-0.3, -0.25) is 0 Å². The first-order chi connectivity index (χ1) is 7.02. The third kappa shape index (κ3) is 10.5. The maximum atomic E-state index is 9.31. The quantitative estimate of drug-likeness (QED) is 0.358. The molecule has 0 aliphatic heterocycles. The van der Waals surface area contributed by atoms with Crippen molar-refractivity contribution in [3.05, 3.63) is 0 Å². The molecule has 0 saturated heterocycles. The fraction of sp³-hybridized carbons (Fsp3) is 1.00. The normalized spacial score (nSPS) is 11.6. The van der Waals surface area contributed by atoms with Crippen molar-refractivity contribution in [2.75, 3.05) is 11.5 Å². The average Bonchev–Trinajstić information content (AvgIpc) is 2.14. The Morgan fingerprint density at radius 1 is 0.812 bits per heavy atom. The molecule has 3 N–H and O–H groups in total. The summed E-state index contributed by atoms with van der Waals surface area (Å²) in [7, 11) is -0.567. The van der Waals surface area contributed by atoms with Gasteiger partial charge in [-0.25, -0.2) is 0 Å². The van der Waals surface area contributed by atoms with E-state index in [1.165, 1.54) is 0 Å². The van der Waals surface area contributed by atoms with Crippen molar-refractivity contribution in [2.24, 2.45) is 0 Å². The van der Waals surface area contributed by atoms with E-state index in [0.29, 0.717) is 0 Å². The van der Waals surface area contributed by atoms with E-state index in [0.717, 1.165) is 50.0 Å². The Hall–Kier alpha value is 1.35. The van der Waals surface area contributed by atoms with Gasteiger partial charge in [-0.1, -0.05) is 39.5 Å². The molecule has 0 aliphatic carbocycles. The standard InChI is InChI=1S/C10H25O3PS.Mo/c1-3-5-7-9-15(14(11,12)13)10-8-6-4-2;/h11-13H,3-10H2,1-2H3;. The summed E-state index contributed by atoms with van der Waals surface area (Å²) in [4.78, 5) is 27.9. The number of rotatable bonds is 8. The van der Waals surface area contributed by atoms with Crippen molar-refractivity contribution in [3.8, 4) is 0 Å². The maximum Gasteiger partial charge on any atom is 0.277 e. The molecule has 0 atom stereocenters. The molecule has 0 radical (unpaired) electrons. The molecule has 100 valence electrons. The molecule has 0 heterocycles. The summed E-state index contributed by atoms with van der Waals surface area (Å²) < 4.78 is 0. The molecule has 0 bridgehead atoms. The smallest absolute Gasteiger partial charge is 0.277 e. The molecule has 0 aliphatic rings. The summed E-state index contributed by atoms with van der Waals surface area (Å²) in [6.07, 6.45) is 6.46. The summed E-state index contributed by atoms with van der Waals surface area (Å²) in [6, 6.07) is 0. The zero-order valence-electron chi connectivity index (χ0n) is 10.3. The van der Waals surface area contributed by atoms with E-state index < -0.39 is 16.8 Å². The third-order valence-corrected chi connectivity index (χ3v) is 7.70. The Morgan fingerprint density at radius 2 is 1.19 bits per heavy atom. The van der Waals surface area contributed by atoms with Gasteiger partial charge in [-0.05, 0) is 24.3 Å². The van der Waals surface area contributed by atoms with E-state index in [1.54, 1.807) is 0 Å². The van der Waals surface area contributed by atoms with E-state index in [4.69, 9.17) is 0 Å². The van der Waals surface area contributed by atoms with Gasteiger partial charge >= 0.3 is 0 Å². The molecule has 6 heteroatoms. The Labute approximate surface area is 116 Å². The molecule has 0 aromatic rings. The van der Waals surface area contributed by atoms with Crippen LogP contribution in [0.5, 0.6) is 0 Å². The first-order valence-electron chi connectivity index (χ1n) is 5.77. The van der Waals surface area contributed by atoms with Gasteiger partial charge in [0.1, 0.15) is 0 Å². The van der Waals surface area contributed by atoms with Gasteiger partial charge in [-0.15, -0.1) is 10.1 Å². The van der Waals surface area contributed by atoms with Crippen molar-refractivity contribution in [3.63, 3.8) is 0 Å². The average molecular weight is 352 g/mol. The van der Waals surface area contributed by atoms with Gasteiger partial charge in [0.15, 0.2) is 0 Å². The largest absolute Gasteiger partial charge is 0.329 e.